The monoisotopic (exact) mass is 153 g/mol. The summed E-state index contributed by atoms with van der Waals surface area (Å²) in [5.74, 6) is -1.87. The number of carbonyl (C=O) groups excluding carboxylic acids is 2. The molecular weight excluding hydrogens is 148 g/mol. The van der Waals surface area contributed by atoms with Crippen LogP contribution in [-0.4, -0.2) is 11.9 Å². The van der Waals surface area contributed by atoms with E-state index in [0.717, 1.165) is 6.08 Å². The van der Waals surface area contributed by atoms with Crippen LogP contribution in [0, 0.1) is 0 Å². The van der Waals surface area contributed by atoms with Crippen LogP contribution < -0.4 is 5.11 Å². The first kappa shape index (κ1) is 7.53. The second-order valence-corrected chi connectivity index (χ2v) is 2.08. The van der Waals surface area contributed by atoms with Crippen LogP contribution in [0.25, 0.3) is 0 Å². The Morgan fingerprint density at radius 3 is 2.73 bits per heavy atom. The standard InChI is InChI=1S/C7H6O4/c1-4-2-5(3-6(8)9)11-7(4)10/h2-3H,1H3,(H,8,9)/p-1/b5-3-. The highest BCUT2D eigenvalue weighted by Crippen LogP contribution is 2.15. The molecule has 1 rings (SSSR count). The van der Waals surface area contributed by atoms with Gasteiger partial charge in [0, 0.05) is 11.6 Å². The average Bonchev–Trinajstić information content (AvgIpc) is 2.10. The molecule has 0 saturated carbocycles. The van der Waals surface area contributed by atoms with Crippen LogP contribution in [0.15, 0.2) is 23.5 Å². The molecule has 0 bridgehead atoms. The maximum Gasteiger partial charge on any atom is 0.339 e. The third kappa shape index (κ3) is 1.67. The zero-order chi connectivity index (χ0) is 8.43. The molecule has 0 fully saturated rings. The number of hydrogen-bond donors (Lipinski definition) is 0. The Labute approximate surface area is 62.8 Å². The molecule has 0 unspecified atom stereocenters. The minimum Gasteiger partial charge on any atom is -0.545 e. The summed E-state index contributed by atoms with van der Waals surface area (Å²) in [6.07, 6.45) is 2.08. The summed E-state index contributed by atoms with van der Waals surface area (Å²) >= 11 is 0. The zero-order valence-corrected chi connectivity index (χ0v) is 5.79. The SMILES string of the molecule is CC1=C/C(=C/C(=O)[O-])OC1=O. The summed E-state index contributed by atoms with van der Waals surface area (Å²) in [5, 5.41) is 9.96. The van der Waals surface area contributed by atoms with Gasteiger partial charge in [-0.3, -0.25) is 0 Å². The van der Waals surface area contributed by atoms with Gasteiger partial charge < -0.3 is 14.6 Å². The highest BCUT2D eigenvalue weighted by atomic mass is 16.5. The molecule has 4 heteroatoms. The number of carboxylic acids is 1. The van der Waals surface area contributed by atoms with Crippen LogP contribution in [0.3, 0.4) is 0 Å². The molecule has 0 amide bonds. The lowest BCUT2D eigenvalue weighted by Gasteiger charge is -1.95. The quantitative estimate of drug-likeness (QED) is 0.362. The third-order valence-electron chi connectivity index (χ3n) is 1.15. The molecule has 0 aromatic rings. The lowest BCUT2D eigenvalue weighted by molar-refractivity contribution is -0.297. The summed E-state index contributed by atoms with van der Waals surface area (Å²) in [6, 6.07) is 0. The summed E-state index contributed by atoms with van der Waals surface area (Å²) in [6.45, 7) is 1.54. The highest BCUT2D eigenvalue weighted by Gasteiger charge is 2.15. The normalized spacial score (nSPS) is 19.9. The number of rotatable bonds is 1. The Morgan fingerprint density at radius 2 is 2.36 bits per heavy atom. The number of cyclic esters (lactones) is 1. The van der Waals surface area contributed by atoms with Crippen LogP contribution in [0.2, 0.25) is 0 Å². The van der Waals surface area contributed by atoms with Crippen molar-refractivity contribution in [2.24, 2.45) is 0 Å². The van der Waals surface area contributed by atoms with Gasteiger partial charge in [0.05, 0.1) is 5.97 Å². The van der Waals surface area contributed by atoms with E-state index in [1.807, 2.05) is 0 Å². The van der Waals surface area contributed by atoms with E-state index in [-0.39, 0.29) is 5.76 Å². The van der Waals surface area contributed by atoms with Crippen LogP contribution in [0.1, 0.15) is 6.92 Å². The van der Waals surface area contributed by atoms with Gasteiger partial charge in [-0.05, 0) is 13.0 Å². The molecule has 0 aliphatic carbocycles. The van der Waals surface area contributed by atoms with Crippen LogP contribution in [0.4, 0.5) is 0 Å². The predicted octanol–water partition coefficient (Wildman–Crippen LogP) is -0.877. The number of esters is 1. The first-order valence-electron chi connectivity index (χ1n) is 2.93. The number of allylic oxidation sites excluding steroid dienone is 1. The topological polar surface area (TPSA) is 66.4 Å². The molecule has 0 spiro atoms. The first-order chi connectivity index (χ1) is 5.09. The Bertz CT molecular complexity index is 272. The van der Waals surface area contributed by atoms with Crippen molar-refractivity contribution < 1.29 is 19.4 Å². The summed E-state index contributed by atoms with van der Waals surface area (Å²) < 4.78 is 4.49. The van der Waals surface area contributed by atoms with E-state index in [9.17, 15) is 14.7 Å². The number of aliphatic carboxylic acids is 1. The molecule has 4 nitrogen and oxygen atoms in total. The Kier molecular flexibility index (Phi) is 1.76. The van der Waals surface area contributed by atoms with E-state index in [1.165, 1.54) is 6.08 Å². The van der Waals surface area contributed by atoms with Gasteiger partial charge in [-0.25, -0.2) is 4.79 Å². The largest absolute Gasteiger partial charge is 0.545 e. The lowest BCUT2D eigenvalue weighted by Crippen LogP contribution is -2.19. The Morgan fingerprint density at radius 1 is 1.73 bits per heavy atom. The number of ether oxygens (including phenoxy) is 1. The fraction of sp³-hybridized carbons (Fsp3) is 0.143. The molecule has 58 valence electrons. The Hall–Kier alpha value is -1.58. The number of carboxylic acid groups (broad SMARTS) is 1. The second-order valence-electron chi connectivity index (χ2n) is 2.08. The van der Waals surface area contributed by atoms with Crippen molar-refractivity contribution in [1.82, 2.24) is 0 Å². The van der Waals surface area contributed by atoms with Gasteiger partial charge in [0.25, 0.3) is 0 Å². The van der Waals surface area contributed by atoms with Gasteiger partial charge in [0.2, 0.25) is 0 Å². The molecule has 0 saturated heterocycles. The first-order valence-corrected chi connectivity index (χ1v) is 2.93. The van der Waals surface area contributed by atoms with Crippen molar-refractivity contribution in [3.05, 3.63) is 23.5 Å². The molecule has 0 aromatic carbocycles. The van der Waals surface area contributed by atoms with Crippen molar-refractivity contribution in [3.63, 3.8) is 0 Å². The number of hydrogen-bond acceptors (Lipinski definition) is 4. The van der Waals surface area contributed by atoms with Gasteiger partial charge in [-0.2, -0.15) is 0 Å². The molecule has 1 aliphatic rings. The van der Waals surface area contributed by atoms with Crippen molar-refractivity contribution in [2.45, 2.75) is 6.92 Å². The molecule has 0 N–H and O–H groups in total. The van der Waals surface area contributed by atoms with E-state index < -0.39 is 11.9 Å². The van der Waals surface area contributed by atoms with Crippen molar-refractivity contribution >= 4 is 11.9 Å². The average molecular weight is 153 g/mol. The molecule has 0 atom stereocenters. The fourth-order valence-electron chi connectivity index (χ4n) is 0.677. The van der Waals surface area contributed by atoms with Gasteiger partial charge in [-0.15, -0.1) is 0 Å². The van der Waals surface area contributed by atoms with E-state index in [1.54, 1.807) is 6.92 Å². The van der Waals surface area contributed by atoms with E-state index in [0.29, 0.717) is 5.57 Å². The predicted molar refractivity (Wildman–Crippen MR) is 32.9 cm³/mol. The van der Waals surface area contributed by atoms with Gasteiger partial charge >= 0.3 is 5.97 Å². The van der Waals surface area contributed by atoms with Gasteiger partial charge in [-0.1, -0.05) is 0 Å². The van der Waals surface area contributed by atoms with Gasteiger partial charge in [0.1, 0.15) is 5.76 Å². The van der Waals surface area contributed by atoms with Crippen molar-refractivity contribution in [1.29, 1.82) is 0 Å². The summed E-state index contributed by atoms with van der Waals surface area (Å²) in [7, 11) is 0. The van der Waals surface area contributed by atoms with Crippen molar-refractivity contribution in [2.75, 3.05) is 0 Å². The molecule has 0 radical (unpaired) electrons. The second kappa shape index (κ2) is 2.57. The van der Waals surface area contributed by atoms with E-state index >= 15 is 0 Å². The molecule has 1 aliphatic heterocycles. The highest BCUT2D eigenvalue weighted by molar-refractivity contribution is 5.93. The van der Waals surface area contributed by atoms with Crippen LogP contribution in [-0.2, 0) is 14.3 Å². The maximum atomic E-state index is 10.6. The van der Waals surface area contributed by atoms with E-state index in [4.69, 9.17) is 0 Å². The fourth-order valence-corrected chi connectivity index (χ4v) is 0.677. The summed E-state index contributed by atoms with van der Waals surface area (Å²) in [5.41, 5.74) is 0.387. The maximum absolute atomic E-state index is 10.6. The van der Waals surface area contributed by atoms with Crippen LogP contribution in [0.5, 0.6) is 0 Å². The van der Waals surface area contributed by atoms with Crippen molar-refractivity contribution in [3.8, 4) is 0 Å². The minimum atomic E-state index is -1.38. The molecule has 0 aromatic heterocycles. The van der Waals surface area contributed by atoms with Gasteiger partial charge in [0.15, 0.2) is 0 Å². The van der Waals surface area contributed by atoms with Crippen LogP contribution >= 0.6 is 0 Å². The molecule has 1 heterocycles. The summed E-state index contributed by atoms with van der Waals surface area (Å²) in [4.78, 5) is 20.6. The smallest absolute Gasteiger partial charge is 0.339 e. The Balaban J connectivity index is 2.83. The number of carbonyl (C=O) groups is 2. The molecule has 11 heavy (non-hydrogen) atoms. The zero-order valence-electron chi connectivity index (χ0n) is 5.79. The third-order valence-corrected chi connectivity index (χ3v) is 1.15. The minimum absolute atomic E-state index is 0.0208. The lowest BCUT2D eigenvalue weighted by atomic mass is 10.3. The van der Waals surface area contributed by atoms with E-state index in [2.05, 4.69) is 4.74 Å². The molecular formula is C7H5O4-.